The summed E-state index contributed by atoms with van der Waals surface area (Å²) in [6.45, 7) is 2.88. The van der Waals surface area contributed by atoms with E-state index in [9.17, 15) is 4.79 Å². The third kappa shape index (κ3) is 3.10. The molecule has 0 radical (unpaired) electrons. The first-order valence-electron chi connectivity index (χ1n) is 4.37. The number of carbonyl (C=O) groups is 1. The van der Waals surface area contributed by atoms with Crippen LogP contribution < -0.4 is 0 Å². The molecule has 0 bridgehead atoms. The molecule has 0 atom stereocenters. The van der Waals surface area contributed by atoms with Gasteiger partial charge in [-0.2, -0.15) is 0 Å². The number of carboxylic acid groups (broad SMARTS) is 1. The maximum Gasteiger partial charge on any atom is 0.354 e. The largest absolute Gasteiger partial charge is 0.477 e. The lowest BCUT2D eigenvalue weighted by Gasteiger charge is -2.01. The van der Waals surface area contributed by atoms with Gasteiger partial charge in [0.25, 0.3) is 0 Å². The van der Waals surface area contributed by atoms with Crippen molar-refractivity contribution in [3.8, 4) is 0 Å². The summed E-state index contributed by atoms with van der Waals surface area (Å²) in [6.07, 6.45) is 2.33. The normalized spacial score (nSPS) is 10.1. The Kier molecular flexibility index (Phi) is 4.00. The quantitative estimate of drug-likeness (QED) is 0.714. The smallest absolute Gasteiger partial charge is 0.354 e. The van der Waals surface area contributed by atoms with Crippen molar-refractivity contribution < 1.29 is 14.6 Å². The van der Waals surface area contributed by atoms with E-state index in [1.54, 1.807) is 0 Å². The topological polar surface area (TPSA) is 72.3 Å². The lowest BCUT2D eigenvalue weighted by molar-refractivity contribution is 0.0688. The zero-order chi connectivity index (χ0) is 10.4. The third-order valence-electron chi connectivity index (χ3n) is 1.50. The first kappa shape index (κ1) is 10.6. The van der Waals surface area contributed by atoms with E-state index in [1.807, 2.05) is 6.92 Å². The predicted molar refractivity (Wildman–Crippen MR) is 48.9 cm³/mol. The summed E-state index contributed by atoms with van der Waals surface area (Å²) in [5.41, 5.74) is -0.00454. The molecule has 1 N–H and O–H groups in total. The zero-order valence-corrected chi connectivity index (χ0v) is 7.93. The van der Waals surface area contributed by atoms with E-state index in [-0.39, 0.29) is 12.3 Å². The van der Waals surface area contributed by atoms with E-state index >= 15 is 0 Å². The minimum absolute atomic E-state index is 0.00454. The predicted octanol–water partition coefficient (Wildman–Crippen LogP) is 1.10. The number of hydrogen-bond donors (Lipinski definition) is 1. The highest BCUT2D eigenvalue weighted by Crippen LogP contribution is 1.97. The monoisotopic (exact) mass is 196 g/mol. The van der Waals surface area contributed by atoms with Crippen molar-refractivity contribution in [2.75, 3.05) is 6.61 Å². The number of hydrogen-bond acceptors (Lipinski definition) is 4. The SMILES string of the molecule is CCCOCc1nccc(C(=O)O)n1. The van der Waals surface area contributed by atoms with Gasteiger partial charge in [-0.15, -0.1) is 0 Å². The molecule has 0 aromatic carbocycles. The van der Waals surface area contributed by atoms with E-state index in [2.05, 4.69) is 9.97 Å². The number of aromatic nitrogens is 2. The molecule has 0 amide bonds. The molecule has 5 heteroatoms. The van der Waals surface area contributed by atoms with Crippen LogP contribution in [0.5, 0.6) is 0 Å². The van der Waals surface area contributed by atoms with Gasteiger partial charge >= 0.3 is 5.97 Å². The minimum atomic E-state index is -1.05. The molecule has 1 heterocycles. The zero-order valence-electron chi connectivity index (χ0n) is 7.93. The highest BCUT2D eigenvalue weighted by atomic mass is 16.5. The van der Waals surface area contributed by atoms with E-state index < -0.39 is 5.97 Å². The van der Waals surface area contributed by atoms with Gasteiger partial charge in [-0.25, -0.2) is 14.8 Å². The molecular formula is C9H12N2O3. The second-order valence-corrected chi connectivity index (χ2v) is 2.72. The molecule has 1 aromatic heterocycles. The van der Waals surface area contributed by atoms with Crippen molar-refractivity contribution in [1.82, 2.24) is 9.97 Å². The maximum absolute atomic E-state index is 10.6. The second kappa shape index (κ2) is 5.29. The van der Waals surface area contributed by atoms with Crippen molar-refractivity contribution >= 4 is 5.97 Å². The van der Waals surface area contributed by atoms with Crippen molar-refractivity contribution in [3.63, 3.8) is 0 Å². The number of aromatic carboxylic acids is 1. The highest BCUT2D eigenvalue weighted by Gasteiger charge is 2.05. The number of rotatable bonds is 5. The molecule has 0 aliphatic rings. The highest BCUT2D eigenvalue weighted by molar-refractivity contribution is 5.85. The molecule has 0 aliphatic heterocycles. The molecule has 0 saturated heterocycles. The van der Waals surface area contributed by atoms with E-state index in [1.165, 1.54) is 12.3 Å². The van der Waals surface area contributed by atoms with Crippen LogP contribution in [-0.4, -0.2) is 27.7 Å². The summed E-state index contributed by atoms with van der Waals surface area (Å²) in [5.74, 6) is -0.650. The van der Waals surface area contributed by atoms with E-state index in [0.29, 0.717) is 12.4 Å². The molecule has 14 heavy (non-hydrogen) atoms. The fourth-order valence-electron chi connectivity index (χ4n) is 0.896. The van der Waals surface area contributed by atoms with Gasteiger partial charge in [-0.3, -0.25) is 0 Å². The molecule has 0 aliphatic carbocycles. The molecule has 0 fully saturated rings. The van der Waals surface area contributed by atoms with Crippen molar-refractivity contribution in [2.24, 2.45) is 0 Å². The molecule has 0 spiro atoms. The Morgan fingerprint density at radius 2 is 2.43 bits per heavy atom. The Bertz CT molecular complexity index is 315. The Morgan fingerprint density at radius 3 is 3.07 bits per heavy atom. The van der Waals surface area contributed by atoms with Gasteiger partial charge in [0.05, 0.1) is 0 Å². The van der Waals surface area contributed by atoms with Crippen molar-refractivity contribution in [2.45, 2.75) is 20.0 Å². The van der Waals surface area contributed by atoms with Gasteiger partial charge in [-0.1, -0.05) is 6.92 Å². The van der Waals surface area contributed by atoms with Crippen LogP contribution in [0.2, 0.25) is 0 Å². The van der Waals surface area contributed by atoms with Crippen LogP contribution in [0.15, 0.2) is 12.3 Å². The lowest BCUT2D eigenvalue weighted by Crippen LogP contribution is -2.06. The van der Waals surface area contributed by atoms with Gasteiger partial charge in [0.1, 0.15) is 6.61 Å². The maximum atomic E-state index is 10.6. The average molecular weight is 196 g/mol. The number of carboxylic acids is 1. The fraction of sp³-hybridized carbons (Fsp3) is 0.444. The molecule has 0 saturated carbocycles. The molecule has 0 unspecified atom stereocenters. The fourth-order valence-corrected chi connectivity index (χ4v) is 0.896. The second-order valence-electron chi connectivity index (χ2n) is 2.72. The average Bonchev–Trinajstić information content (AvgIpc) is 2.19. The van der Waals surface area contributed by atoms with Crippen LogP contribution in [0.25, 0.3) is 0 Å². The molecule has 76 valence electrons. The summed E-state index contributed by atoms with van der Waals surface area (Å²) >= 11 is 0. The van der Waals surface area contributed by atoms with Gasteiger partial charge in [0, 0.05) is 12.8 Å². The van der Waals surface area contributed by atoms with E-state index in [4.69, 9.17) is 9.84 Å². The summed E-state index contributed by atoms with van der Waals surface area (Å²) in [5, 5.41) is 8.65. The lowest BCUT2D eigenvalue weighted by atomic mass is 10.4. The van der Waals surface area contributed by atoms with Gasteiger partial charge in [-0.05, 0) is 12.5 Å². The third-order valence-corrected chi connectivity index (χ3v) is 1.50. The van der Waals surface area contributed by atoms with Crippen LogP contribution in [0.1, 0.15) is 29.7 Å². The minimum Gasteiger partial charge on any atom is -0.477 e. The van der Waals surface area contributed by atoms with Crippen molar-refractivity contribution in [3.05, 3.63) is 23.8 Å². The summed E-state index contributed by atoms with van der Waals surface area (Å²) < 4.78 is 5.19. The molecular weight excluding hydrogens is 184 g/mol. The standard InChI is InChI=1S/C9H12N2O3/c1-2-5-14-6-8-10-4-3-7(11-8)9(12)13/h3-4H,2,5-6H2,1H3,(H,12,13). The number of nitrogens with zero attached hydrogens (tertiary/aromatic N) is 2. The van der Waals surface area contributed by atoms with Crippen LogP contribution in [0.3, 0.4) is 0 Å². The van der Waals surface area contributed by atoms with Crippen LogP contribution in [-0.2, 0) is 11.3 Å². The Labute approximate surface area is 81.8 Å². The summed E-state index contributed by atoms with van der Waals surface area (Å²) in [4.78, 5) is 18.3. The molecule has 1 rings (SSSR count). The number of ether oxygens (including phenoxy) is 1. The summed E-state index contributed by atoms with van der Waals surface area (Å²) in [7, 11) is 0. The Balaban J connectivity index is 2.59. The van der Waals surface area contributed by atoms with Gasteiger partial charge in [0.2, 0.25) is 0 Å². The van der Waals surface area contributed by atoms with Crippen LogP contribution >= 0.6 is 0 Å². The molecule has 5 nitrogen and oxygen atoms in total. The Morgan fingerprint density at radius 1 is 1.64 bits per heavy atom. The van der Waals surface area contributed by atoms with Crippen molar-refractivity contribution in [1.29, 1.82) is 0 Å². The van der Waals surface area contributed by atoms with Gasteiger partial charge in [0.15, 0.2) is 11.5 Å². The Hall–Kier alpha value is -1.49. The first-order chi connectivity index (χ1) is 6.74. The van der Waals surface area contributed by atoms with Gasteiger partial charge < -0.3 is 9.84 Å². The summed E-state index contributed by atoms with van der Waals surface area (Å²) in [6, 6.07) is 1.35. The first-order valence-corrected chi connectivity index (χ1v) is 4.37. The van der Waals surface area contributed by atoms with Crippen LogP contribution in [0.4, 0.5) is 0 Å². The van der Waals surface area contributed by atoms with Crippen LogP contribution in [0, 0.1) is 0 Å². The van der Waals surface area contributed by atoms with E-state index in [0.717, 1.165) is 6.42 Å². The molecule has 1 aromatic rings.